The Morgan fingerprint density at radius 2 is 1.08 bits per heavy atom. The predicted octanol–water partition coefficient (Wildman–Crippen LogP) is 0.347. The molecule has 0 aliphatic heterocycles. The zero-order valence-corrected chi connectivity index (χ0v) is 12.8. The average Bonchev–Trinajstić information content (AvgIpc) is 2.61. The highest BCUT2D eigenvalue weighted by molar-refractivity contribution is 5.72. The molecule has 0 spiro atoms. The van der Waals surface area contributed by atoms with Gasteiger partial charge in [0.1, 0.15) is 12.2 Å². The second-order valence-electron chi connectivity index (χ2n) is 5.55. The van der Waals surface area contributed by atoms with Gasteiger partial charge in [-0.1, -0.05) is 60.7 Å². The summed E-state index contributed by atoms with van der Waals surface area (Å²) < 4.78 is 0. The molecule has 128 valence electrons. The Bertz CT molecular complexity index is 606. The summed E-state index contributed by atoms with van der Waals surface area (Å²) in [6.45, 7) is 0. The average molecular weight is 332 g/mol. The number of hydrogen-bond donors (Lipinski definition) is 5. The lowest BCUT2D eigenvalue weighted by atomic mass is 9.82. The number of aliphatic hydroxyl groups is 4. The molecule has 0 radical (unpaired) electrons. The highest BCUT2D eigenvalue weighted by Gasteiger charge is 2.38. The molecule has 0 heterocycles. The fourth-order valence-electron chi connectivity index (χ4n) is 2.64. The van der Waals surface area contributed by atoms with Crippen LogP contribution in [0.15, 0.2) is 60.7 Å². The Morgan fingerprint density at radius 3 is 1.46 bits per heavy atom. The van der Waals surface area contributed by atoms with Gasteiger partial charge in [-0.3, -0.25) is 0 Å². The molecule has 0 unspecified atom stereocenters. The summed E-state index contributed by atoms with van der Waals surface area (Å²) in [5.41, 5.74) is 1.37. The van der Waals surface area contributed by atoms with E-state index in [0.29, 0.717) is 11.1 Å². The summed E-state index contributed by atoms with van der Waals surface area (Å²) in [5, 5.41) is 48.7. The van der Waals surface area contributed by atoms with Crippen LogP contribution in [-0.4, -0.2) is 55.9 Å². The topological polar surface area (TPSA) is 118 Å². The largest absolute Gasteiger partial charge is 0.479 e. The molecule has 2 rings (SSSR count). The molecule has 0 saturated heterocycles. The Morgan fingerprint density at radius 1 is 0.667 bits per heavy atom. The lowest BCUT2D eigenvalue weighted by molar-refractivity contribution is -0.163. The first-order chi connectivity index (χ1) is 11.4. The van der Waals surface area contributed by atoms with Crippen LogP contribution in [0.1, 0.15) is 17.0 Å². The third-order valence-corrected chi connectivity index (χ3v) is 3.94. The van der Waals surface area contributed by atoms with Gasteiger partial charge in [0, 0.05) is 5.92 Å². The van der Waals surface area contributed by atoms with E-state index in [9.17, 15) is 25.2 Å². The van der Waals surface area contributed by atoms with E-state index in [1.54, 1.807) is 60.7 Å². The second kappa shape index (κ2) is 8.03. The highest BCUT2D eigenvalue weighted by atomic mass is 16.4. The number of aliphatic carboxylic acids is 1. The monoisotopic (exact) mass is 332 g/mol. The maximum Gasteiger partial charge on any atom is 0.335 e. The molecule has 2 aromatic rings. The van der Waals surface area contributed by atoms with Gasteiger partial charge in [0.25, 0.3) is 0 Å². The van der Waals surface area contributed by atoms with Crippen LogP contribution in [0, 0.1) is 0 Å². The number of carboxylic acid groups (broad SMARTS) is 1. The molecular formula is C18H20O6. The van der Waals surface area contributed by atoms with Crippen LogP contribution >= 0.6 is 0 Å². The molecule has 0 saturated carbocycles. The minimum absolute atomic E-state index is 0.687. The van der Waals surface area contributed by atoms with Gasteiger partial charge < -0.3 is 25.5 Å². The van der Waals surface area contributed by atoms with Gasteiger partial charge in [-0.05, 0) is 11.1 Å². The van der Waals surface area contributed by atoms with E-state index in [2.05, 4.69) is 0 Å². The number of rotatable bonds is 7. The molecule has 2 aromatic carbocycles. The van der Waals surface area contributed by atoms with Crippen molar-refractivity contribution in [1.82, 2.24) is 0 Å². The van der Waals surface area contributed by atoms with Crippen LogP contribution in [-0.2, 0) is 4.79 Å². The van der Waals surface area contributed by atoms with Crippen molar-refractivity contribution in [1.29, 1.82) is 0 Å². The molecule has 5 N–H and O–H groups in total. The van der Waals surface area contributed by atoms with E-state index in [1.165, 1.54) is 0 Å². The molecule has 0 amide bonds. The molecule has 0 bridgehead atoms. The Hall–Kier alpha value is -2.25. The van der Waals surface area contributed by atoms with Crippen molar-refractivity contribution in [3.63, 3.8) is 0 Å². The Kier molecular flexibility index (Phi) is 6.05. The summed E-state index contributed by atoms with van der Waals surface area (Å²) in [7, 11) is 0. The summed E-state index contributed by atoms with van der Waals surface area (Å²) in [4.78, 5) is 10.8. The number of benzene rings is 2. The van der Waals surface area contributed by atoms with Crippen molar-refractivity contribution in [2.24, 2.45) is 0 Å². The third-order valence-electron chi connectivity index (χ3n) is 3.94. The number of carboxylic acids is 1. The normalized spacial score (nSPS) is 16.4. The summed E-state index contributed by atoms with van der Waals surface area (Å²) in [5.74, 6) is -2.37. The van der Waals surface area contributed by atoms with Crippen molar-refractivity contribution >= 4 is 5.97 Å². The van der Waals surface area contributed by atoms with Crippen molar-refractivity contribution in [2.75, 3.05) is 0 Å². The van der Waals surface area contributed by atoms with Crippen LogP contribution in [0.25, 0.3) is 0 Å². The van der Waals surface area contributed by atoms with Crippen LogP contribution in [0.2, 0.25) is 0 Å². The van der Waals surface area contributed by atoms with Crippen molar-refractivity contribution in [3.05, 3.63) is 71.8 Å². The van der Waals surface area contributed by atoms with Gasteiger partial charge in [0.15, 0.2) is 6.10 Å². The lowest BCUT2D eigenvalue weighted by Crippen LogP contribution is -2.49. The molecule has 0 aliphatic rings. The fourth-order valence-corrected chi connectivity index (χ4v) is 2.64. The molecule has 4 atom stereocenters. The van der Waals surface area contributed by atoms with Crippen molar-refractivity contribution in [2.45, 2.75) is 30.3 Å². The number of carbonyl (C=O) groups is 1. The second-order valence-corrected chi connectivity index (χ2v) is 5.55. The number of aliphatic hydroxyl groups excluding tert-OH is 4. The fraction of sp³-hybridized carbons (Fsp3) is 0.278. The summed E-state index contributed by atoms with van der Waals surface area (Å²) in [6, 6.07) is 17.7. The smallest absolute Gasteiger partial charge is 0.335 e. The lowest BCUT2D eigenvalue weighted by Gasteiger charge is -2.31. The van der Waals surface area contributed by atoms with Gasteiger partial charge in [-0.25, -0.2) is 4.79 Å². The van der Waals surface area contributed by atoms with Crippen LogP contribution in [0.3, 0.4) is 0 Å². The van der Waals surface area contributed by atoms with E-state index in [4.69, 9.17) is 5.11 Å². The zero-order valence-electron chi connectivity index (χ0n) is 12.8. The van der Waals surface area contributed by atoms with Crippen molar-refractivity contribution in [3.8, 4) is 0 Å². The number of hydrogen-bond acceptors (Lipinski definition) is 5. The minimum atomic E-state index is -2.19. The van der Waals surface area contributed by atoms with Crippen LogP contribution in [0.5, 0.6) is 0 Å². The standard InChI is InChI=1S/C18H20O6/c19-14(15(20)16(21)17(22)18(23)24)13(11-7-3-1-4-8-11)12-9-5-2-6-10-12/h1-10,13-17,19-22H,(H,23,24)/t14-,15+,16-,17-/m0/s1. The van der Waals surface area contributed by atoms with Gasteiger partial charge in [-0.2, -0.15) is 0 Å². The zero-order chi connectivity index (χ0) is 17.7. The van der Waals surface area contributed by atoms with Crippen LogP contribution in [0.4, 0.5) is 0 Å². The summed E-state index contributed by atoms with van der Waals surface area (Å²) >= 11 is 0. The van der Waals surface area contributed by atoms with E-state index >= 15 is 0 Å². The first-order valence-corrected chi connectivity index (χ1v) is 7.48. The van der Waals surface area contributed by atoms with E-state index in [-0.39, 0.29) is 0 Å². The molecular weight excluding hydrogens is 312 g/mol. The maximum absolute atomic E-state index is 10.8. The molecule has 24 heavy (non-hydrogen) atoms. The quantitative estimate of drug-likeness (QED) is 0.499. The SMILES string of the molecule is O=C(O)[C@@H](O)[C@@H](O)[C@H](O)[C@@H](O)C(c1ccccc1)c1ccccc1. The molecule has 0 fully saturated rings. The van der Waals surface area contributed by atoms with Gasteiger partial charge in [0.05, 0.1) is 6.10 Å². The highest BCUT2D eigenvalue weighted by Crippen LogP contribution is 2.30. The molecule has 0 aromatic heterocycles. The third kappa shape index (κ3) is 3.98. The van der Waals surface area contributed by atoms with Crippen LogP contribution < -0.4 is 0 Å². The Balaban J connectivity index is 2.35. The van der Waals surface area contributed by atoms with Crippen molar-refractivity contribution < 1.29 is 30.3 Å². The van der Waals surface area contributed by atoms with Gasteiger partial charge >= 0.3 is 5.97 Å². The van der Waals surface area contributed by atoms with Gasteiger partial charge in [-0.15, -0.1) is 0 Å². The van der Waals surface area contributed by atoms with E-state index in [1.807, 2.05) is 0 Å². The Labute approximate surface area is 139 Å². The van der Waals surface area contributed by atoms with E-state index < -0.39 is 36.3 Å². The molecule has 0 aliphatic carbocycles. The maximum atomic E-state index is 10.8. The first kappa shape index (κ1) is 18.1. The molecule has 6 heteroatoms. The molecule has 6 nitrogen and oxygen atoms in total. The minimum Gasteiger partial charge on any atom is -0.479 e. The first-order valence-electron chi connectivity index (χ1n) is 7.48. The predicted molar refractivity (Wildman–Crippen MR) is 86.4 cm³/mol. The van der Waals surface area contributed by atoms with E-state index in [0.717, 1.165) is 0 Å². The summed E-state index contributed by atoms with van der Waals surface area (Å²) in [6.07, 6.45) is -7.57. The van der Waals surface area contributed by atoms with Gasteiger partial charge in [0.2, 0.25) is 0 Å².